The van der Waals surface area contributed by atoms with E-state index in [0.29, 0.717) is 11.4 Å². The van der Waals surface area contributed by atoms with E-state index >= 15 is 0 Å². The van der Waals surface area contributed by atoms with Crippen molar-refractivity contribution in [2.75, 3.05) is 5.73 Å². The first kappa shape index (κ1) is 10.2. The fourth-order valence-corrected chi connectivity index (χ4v) is 1.44. The third kappa shape index (κ3) is 1.88. The number of aromatic carboxylic acids is 1. The van der Waals surface area contributed by atoms with Crippen molar-refractivity contribution in [2.45, 2.75) is 6.92 Å². The lowest BCUT2D eigenvalue weighted by Gasteiger charge is -2.04. The van der Waals surface area contributed by atoms with Gasteiger partial charge in [-0.1, -0.05) is 0 Å². The summed E-state index contributed by atoms with van der Waals surface area (Å²) >= 11 is 0. The smallest absolute Gasteiger partial charge is 0.335 e. The molecule has 0 amide bonds. The van der Waals surface area contributed by atoms with Gasteiger partial charge >= 0.3 is 5.97 Å². The zero-order valence-corrected chi connectivity index (χ0v) is 8.71. The summed E-state index contributed by atoms with van der Waals surface area (Å²) in [7, 11) is 0. The number of carboxylic acids is 1. The molecule has 0 atom stereocenters. The second-order valence-corrected chi connectivity index (χ2v) is 3.58. The number of hydrogen-bond acceptors (Lipinski definition) is 3. The standard InChI is InChI=1S/C11H11N3O2/c1-7-5-13-14(6-7)10-3-8(11(15)16)2-9(12)4-10/h2-6H,12H2,1H3,(H,15,16). The van der Waals surface area contributed by atoms with E-state index in [4.69, 9.17) is 10.8 Å². The van der Waals surface area contributed by atoms with Crippen molar-refractivity contribution in [1.29, 1.82) is 0 Å². The molecule has 0 unspecified atom stereocenters. The van der Waals surface area contributed by atoms with Gasteiger partial charge in [-0.3, -0.25) is 0 Å². The lowest BCUT2D eigenvalue weighted by Crippen LogP contribution is -2.02. The van der Waals surface area contributed by atoms with Crippen LogP contribution in [0.15, 0.2) is 30.6 Å². The molecule has 16 heavy (non-hydrogen) atoms. The molecule has 82 valence electrons. The Morgan fingerprint density at radius 1 is 1.44 bits per heavy atom. The van der Waals surface area contributed by atoms with Gasteiger partial charge < -0.3 is 10.8 Å². The molecule has 0 aliphatic heterocycles. The number of anilines is 1. The summed E-state index contributed by atoms with van der Waals surface area (Å²) in [5, 5.41) is 13.0. The molecule has 0 aliphatic rings. The average Bonchev–Trinajstić information content (AvgIpc) is 2.64. The van der Waals surface area contributed by atoms with E-state index in [1.807, 2.05) is 6.92 Å². The quantitative estimate of drug-likeness (QED) is 0.746. The van der Waals surface area contributed by atoms with Crippen LogP contribution in [0.5, 0.6) is 0 Å². The third-order valence-corrected chi connectivity index (χ3v) is 2.16. The number of carbonyl (C=O) groups is 1. The summed E-state index contributed by atoms with van der Waals surface area (Å²) in [6.45, 7) is 1.91. The summed E-state index contributed by atoms with van der Waals surface area (Å²) in [6, 6.07) is 4.63. The molecule has 0 bridgehead atoms. The molecule has 0 spiro atoms. The highest BCUT2D eigenvalue weighted by molar-refractivity contribution is 5.89. The van der Waals surface area contributed by atoms with E-state index in [0.717, 1.165) is 5.56 Å². The van der Waals surface area contributed by atoms with Crippen LogP contribution in [0.25, 0.3) is 5.69 Å². The van der Waals surface area contributed by atoms with Crippen molar-refractivity contribution in [3.63, 3.8) is 0 Å². The van der Waals surface area contributed by atoms with Crippen LogP contribution in [-0.4, -0.2) is 20.9 Å². The van der Waals surface area contributed by atoms with Crippen molar-refractivity contribution in [3.05, 3.63) is 41.7 Å². The molecule has 5 heteroatoms. The molecule has 0 saturated heterocycles. The summed E-state index contributed by atoms with van der Waals surface area (Å²) in [4.78, 5) is 10.9. The van der Waals surface area contributed by atoms with Gasteiger partial charge in [-0.25, -0.2) is 9.48 Å². The summed E-state index contributed by atoms with van der Waals surface area (Å²) < 4.78 is 1.60. The Hall–Kier alpha value is -2.30. The fraction of sp³-hybridized carbons (Fsp3) is 0.0909. The van der Waals surface area contributed by atoms with Gasteiger partial charge in [0.1, 0.15) is 0 Å². The van der Waals surface area contributed by atoms with Crippen LogP contribution in [0.1, 0.15) is 15.9 Å². The normalized spacial score (nSPS) is 10.3. The Kier molecular flexibility index (Phi) is 2.36. The van der Waals surface area contributed by atoms with Crippen LogP contribution in [0, 0.1) is 6.92 Å². The molecule has 1 aromatic heterocycles. The lowest BCUT2D eigenvalue weighted by atomic mass is 10.2. The maximum Gasteiger partial charge on any atom is 0.335 e. The fourth-order valence-electron chi connectivity index (χ4n) is 1.44. The Morgan fingerprint density at radius 3 is 2.75 bits per heavy atom. The minimum Gasteiger partial charge on any atom is -0.478 e. The number of aromatic nitrogens is 2. The van der Waals surface area contributed by atoms with Crippen LogP contribution in [-0.2, 0) is 0 Å². The minimum atomic E-state index is -1.00. The molecule has 2 rings (SSSR count). The molecule has 1 heterocycles. The number of benzene rings is 1. The van der Waals surface area contributed by atoms with Crippen molar-refractivity contribution in [2.24, 2.45) is 0 Å². The Morgan fingerprint density at radius 2 is 2.19 bits per heavy atom. The number of rotatable bonds is 2. The maximum absolute atomic E-state index is 10.9. The van der Waals surface area contributed by atoms with Gasteiger partial charge in [0.2, 0.25) is 0 Å². The van der Waals surface area contributed by atoms with E-state index in [-0.39, 0.29) is 5.56 Å². The predicted octanol–water partition coefficient (Wildman–Crippen LogP) is 1.46. The van der Waals surface area contributed by atoms with E-state index in [9.17, 15) is 4.79 Å². The van der Waals surface area contributed by atoms with Gasteiger partial charge in [-0.05, 0) is 30.7 Å². The number of nitrogens with zero attached hydrogens (tertiary/aromatic N) is 2. The van der Waals surface area contributed by atoms with Gasteiger partial charge in [0.25, 0.3) is 0 Å². The summed E-state index contributed by atoms with van der Waals surface area (Å²) in [5.74, 6) is -1.00. The van der Waals surface area contributed by atoms with E-state index < -0.39 is 5.97 Å². The molecular weight excluding hydrogens is 206 g/mol. The van der Waals surface area contributed by atoms with Gasteiger partial charge in [0, 0.05) is 11.9 Å². The highest BCUT2D eigenvalue weighted by Gasteiger charge is 2.07. The number of nitrogens with two attached hydrogens (primary N) is 1. The lowest BCUT2D eigenvalue weighted by molar-refractivity contribution is 0.0697. The number of nitrogen functional groups attached to an aromatic ring is 1. The second-order valence-electron chi connectivity index (χ2n) is 3.58. The largest absolute Gasteiger partial charge is 0.478 e. The molecule has 5 nitrogen and oxygen atoms in total. The third-order valence-electron chi connectivity index (χ3n) is 2.16. The number of carboxylic acid groups (broad SMARTS) is 1. The molecular formula is C11H11N3O2. The Balaban J connectivity index is 2.53. The monoisotopic (exact) mass is 217 g/mol. The molecule has 1 aromatic carbocycles. The summed E-state index contributed by atoms with van der Waals surface area (Å²) in [6.07, 6.45) is 3.50. The van der Waals surface area contributed by atoms with Gasteiger partial charge in [0.15, 0.2) is 0 Å². The SMILES string of the molecule is Cc1cnn(-c2cc(N)cc(C(=O)O)c2)c1. The first-order chi connectivity index (χ1) is 7.56. The van der Waals surface area contributed by atoms with Crippen LogP contribution in [0.4, 0.5) is 5.69 Å². The van der Waals surface area contributed by atoms with Crippen LogP contribution in [0.3, 0.4) is 0 Å². The Labute approximate surface area is 92.1 Å². The summed E-state index contributed by atoms with van der Waals surface area (Å²) in [5.41, 5.74) is 7.84. The Bertz CT molecular complexity index is 546. The van der Waals surface area contributed by atoms with Gasteiger partial charge in [-0.2, -0.15) is 5.10 Å². The molecule has 2 aromatic rings. The van der Waals surface area contributed by atoms with Gasteiger partial charge in [0.05, 0.1) is 17.4 Å². The zero-order chi connectivity index (χ0) is 11.7. The van der Waals surface area contributed by atoms with Crippen LogP contribution in [0.2, 0.25) is 0 Å². The molecule has 0 aliphatic carbocycles. The predicted molar refractivity (Wildman–Crippen MR) is 59.7 cm³/mol. The topological polar surface area (TPSA) is 81.1 Å². The molecule has 0 fully saturated rings. The van der Waals surface area contributed by atoms with E-state index in [1.165, 1.54) is 12.1 Å². The minimum absolute atomic E-state index is 0.156. The molecule has 0 radical (unpaired) electrons. The highest BCUT2D eigenvalue weighted by Crippen LogP contribution is 2.16. The number of hydrogen-bond donors (Lipinski definition) is 2. The van der Waals surface area contributed by atoms with Crippen molar-refractivity contribution < 1.29 is 9.90 Å². The first-order valence-corrected chi connectivity index (χ1v) is 4.72. The number of aryl methyl sites for hydroxylation is 1. The van der Waals surface area contributed by atoms with Crippen LogP contribution >= 0.6 is 0 Å². The van der Waals surface area contributed by atoms with Gasteiger partial charge in [-0.15, -0.1) is 0 Å². The highest BCUT2D eigenvalue weighted by atomic mass is 16.4. The second kappa shape index (κ2) is 3.69. The molecule has 0 saturated carbocycles. The van der Waals surface area contributed by atoms with E-state index in [1.54, 1.807) is 23.1 Å². The van der Waals surface area contributed by atoms with Crippen molar-refractivity contribution >= 4 is 11.7 Å². The van der Waals surface area contributed by atoms with E-state index in [2.05, 4.69) is 5.10 Å². The van der Waals surface area contributed by atoms with Crippen molar-refractivity contribution in [1.82, 2.24) is 9.78 Å². The first-order valence-electron chi connectivity index (χ1n) is 4.72. The maximum atomic E-state index is 10.9. The van der Waals surface area contributed by atoms with Crippen molar-refractivity contribution in [3.8, 4) is 5.69 Å². The molecule has 3 N–H and O–H groups in total. The zero-order valence-electron chi connectivity index (χ0n) is 8.71. The van der Waals surface area contributed by atoms with Crippen LogP contribution < -0.4 is 5.73 Å². The average molecular weight is 217 g/mol.